The van der Waals surface area contributed by atoms with E-state index in [1.807, 2.05) is 65.2 Å². The summed E-state index contributed by atoms with van der Waals surface area (Å²) >= 11 is 0. The highest BCUT2D eigenvalue weighted by molar-refractivity contribution is 5.92. The van der Waals surface area contributed by atoms with E-state index in [1.54, 1.807) is 19.4 Å². The lowest BCUT2D eigenvalue weighted by atomic mass is 10.3. The minimum atomic E-state index is -0.149. The summed E-state index contributed by atoms with van der Waals surface area (Å²) in [6.07, 6.45) is 1.72. The number of methoxy groups -OCH3 is 1. The van der Waals surface area contributed by atoms with Crippen LogP contribution in [-0.2, 0) is 11.3 Å². The first-order valence-electron chi connectivity index (χ1n) is 8.55. The molecular formula is C21H18N4O2. The van der Waals surface area contributed by atoms with Crippen molar-refractivity contribution in [3.8, 4) is 17.3 Å². The number of imidazole rings is 1. The zero-order valence-corrected chi connectivity index (χ0v) is 14.8. The number of benzene rings is 2. The number of carbonyl (C=O) groups excluding carboxylic acids is 1. The van der Waals surface area contributed by atoms with Gasteiger partial charge in [0.05, 0.1) is 18.1 Å². The lowest BCUT2D eigenvalue weighted by Gasteiger charge is -2.10. The molecular weight excluding hydrogens is 340 g/mol. The quantitative estimate of drug-likeness (QED) is 0.590. The van der Waals surface area contributed by atoms with Gasteiger partial charge in [-0.1, -0.05) is 24.3 Å². The number of anilines is 1. The van der Waals surface area contributed by atoms with Crippen LogP contribution < -0.4 is 10.1 Å². The smallest absolute Gasteiger partial charge is 0.244 e. The Morgan fingerprint density at radius 1 is 1.07 bits per heavy atom. The summed E-state index contributed by atoms with van der Waals surface area (Å²) in [6, 6.07) is 20.7. The van der Waals surface area contributed by atoms with Crippen molar-refractivity contribution in [1.29, 1.82) is 0 Å². The lowest BCUT2D eigenvalue weighted by Crippen LogP contribution is -2.19. The molecule has 0 aliphatic heterocycles. The van der Waals surface area contributed by atoms with E-state index < -0.39 is 0 Å². The molecule has 6 nitrogen and oxygen atoms in total. The van der Waals surface area contributed by atoms with E-state index in [-0.39, 0.29) is 12.5 Å². The number of fused-ring (bicyclic) bond motifs is 1. The molecule has 0 unspecified atom stereocenters. The average Bonchev–Trinajstić information content (AvgIpc) is 3.07. The maximum Gasteiger partial charge on any atom is 0.244 e. The van der Waals surface area contributed by atoms with Crippen molar-refractivity contribution in [2.45, 2.75) is 6.54 Å². The molecule has 2 aromatic heterocycles. The number of ether oxygens (including phenoxy) is 1. The molecule has 0 atom stereocenters. The van der Waals surface area contributed by atoms with Crippen molar-refractivity contribution < 1.29 is 9.53 Å². The largest absolute Gasteiger partial charge is 0.497 e. The van der Waals surface area contributed by atoms with Crippen molar-refractivity contribution in [3.63, 3.8) is 0 Å². The zero-order valence-electron chi connectivity index (χ0n) is 14.8. The molecule has 1 N–H and O–H groups in total. The molecule has 6 heteroatoms. The maximum atomic E-state index is 12.7. The predicted octanol–water partition coefficient (Wildman–Crippen LogP) is 3.75. The van der Waals surface area contributed by atoms with Crippen molar-refractivity contribution in [2.75, 3.05) is 12.4 Å². The average molecular weight is 358 g/mol. The number of hydrogen-bond acceptors (Lipinski definition) is 4. The van der Waals surface area contributed by atoms with Crippen molar-refractivity contribution in [2.24, 2.45) is 0 Å². The van der Waals surface area contributed by atoms with Gasteiger partial charge in [-0.2, -0.15) is 0 Å². The first-order chi connectivity index (χ1) is 13.2. The van der Waals surface area contributed by atoms with Crippen LogP contribution in [0.4, 0.5) is 5.69 Å². The molecule has 0 saturated carbocycles. The number of nitrogens with one attached hydrogen (secondary N) is 1. The Bertz CT molecular complexity index is 1090. The van der Waals surface area contributed by atoms with E-state index in [9.17, 15) is 4.79 Å². The van der Waals surface area contributed by atoms with Crippen LogP contribution in [0.15, 0.2) is 72.9 Å². The highest BCUT2D eigenvalue weighted by Gasteiger charge is 2.16. The number of nitrogens with zero attached hydrogens (tertiary/aromatic N) is 3. The highest BCUT2D eigenvalue weighted by atomic mass is 16.5. The van der Waals surface area contributed by atoms with Crippen LogP contribution >= 0.6 is 0 Å². The van der Waals surface area contributed by atoms with Gasteiger partial charge in [-0.05, 0) is 36.4 Å². The van der Waals surface area contributed by atoms with Gasteiger partial charge in [0.2, 0.25) is 5.91 Å². The Morgan fingerprint density at radius 3 is 2.74 bits per heavy atom. The number of rotatable bonds is 5. The molecule has 1 amide bonds. The molecule has 2 aromatic carbocycles. The van der Waals surface area contributed by atoms with Gasteiger partial charge in [0.15, 0.2) is 5.82 Å². The molecule has 0 saturated heterocycles. The van der Waals surface area contributed by atoms with Crippen LogP contribution in [0.1, 0.15) is 0 Å². The van der Waals surface area contributed by atoms with E-state index in [2.05, 4.69) is 15.3 Å². The highest BCUT2D eigenvalue weighted by Crippen LogP contribution is 2.23. The Morgan fingerprint density at radius 2 is 1.93 bits per heavy atom. The van der Waals surface area contributed by atoms with Crippen LogP contribution in [0, 0.1) is 0 Å². The molecule has 0 spiro atoms. The first-order valence-corrected chi connectivity index (χ1v) is 8.55. The first kappa shape index (κ1) is 16.8. The van der Waals surface area contributed by atoms with Gasteiger partial charge in [0.1, 0.15) is 18.0 Å². The van der Waals surface area contributed by atoms with Crippen LogP contribution in [0.3, 0.4) is 0 Å². The molecule has 0 aliphatic carbocycles. The van der Waals surface area contributed by atoms with Crippen molar-refractivity contribution in [3.05, 3.63) is 72.9 Å². The number of amides is 1. The second-order valence-electron chi connectivity index (χ2n) is 6.01. The summed E-state index contributed by atoms with van der Waals surface area (Å²) in [5.74, 6) is 1.20. The van der Waals surface area contributed by atoms with E-state index in [0.717, 1.165) is 16.7 Å². The third kappa shape index (κ3) is 3.50. The molecule has 4 rings (SSSR count). The van der Waals surface area contributed by atoms with Crippen LogP contribution in [0.25, 0.3) is 22.6 Å². The third-order valence-electron chi connectivity index (χ3n) is 4.20. The summed E-state index contributed by atoms with van der Waals surface area (Å²) in [5.41, 5.74) is 3.12. The molecule has 2 heterocycles. The summed E-state index contributed by atoms with van der Waals surface area (Å²) in [5, 5.41) is 2.91. The van der Waals surface area contributed by atoms with Crippen molar-refractivity contribution >= 4 is 22.6 Å². The van der Waals surface area contributed by atoms with Gasteiger partial charge in [0, 0.05) is 18.0 Å². The number of aromatic nitrogens is 3. The predicted molar refractivity (Wildman–Crippen MR) is 105 cm³/mol. The normalized spacial score (nSPS) is 10.7. The molecule has 0 radical (unpaired) electrons. The van der Waals surface area contributed by atoms with Crippen LogP contribution in [0.2, 0.25) is 0 Å². The topological polar surface area (TPSA) is 69.0 Å². The van der Waals surface area contributed by atoms with E-state index in [0.29, 0.717) is 17.3 Å². The molecule has 4 aromatic rings. The number of para-hydroxylation sites is 2. The lowest BCUT2D eigenvalue weighted by molar-refractivity contribution is -0.116. The molecule has 0 fully saturated rings. The third-order valence-corrected chi connectivity index (χ3v) is 4.20. The number of pyridine rings is 1. The second kappa shape index (κ2) is 7.29. The minimum absolute atomic E-state index is 0.129. The van der Waals surface area contributed by atoms with Gasteiger partial charge in [-0.15, -0.1) is 0 Å². The summed E-state index contributed by atoms with van der Waals surface area (Å²) < 4.78 is 7.08. The fourth-order valence-corrected chi connectivity index (χ4v) is 2.97. The Balaban J connectivity index is 1.67. The van der Waals surface area contributed by atoms with Gasteiger partial charge in [-0.3, -0.25) is 9.78 Å². The van der Waals surface area contributed by atoms with E-state index in [4.69, 9.17) is 4.74 Å². The standard InChI is InChI=1S/C21H18N4O2/c1-27-16-8-6-7-15(13-16)23-20(26)14-25-19-11-3-2-9-17(19)24-21(25)18-10-4-5-12-22-18/h2-13H,14H2,1H3,(H,23,26). The van der Waals surface area contributed by atoms with Crippen LogP contribution in [-0.4, -0.2) is 27.6 Å². The molecule has 27 heavy (non-hydrogen) atoms. The maximum absolute atomic E-state index is 12.7. The Labute approximate surface area is 156 Å². The molecule has 134 valence electrons. The van der Waals surface area contributed by atoms with E-state index >= 15 is 0 Å². The monoisotopic (exact) mass is 358 g/mol. The van der Waals surface area contributed by atoms with Crippen LogP contribution in [0.5, 0.6) is 5.75 Å². The number of hydrogen-bond donors (Lipinski definition) is 1. The Kier molecular flexibility index (Phi) is 4.53. The summed E-state index contributed by atoms with van der Waals surface area (Å²) in [6.45, 7) is 0.129. The SMILES string of the molecule is COc1cccc(NC(=O)Cn2c(-c3ccccn3)nc3ccccc32)c1. The number of carbonyl (C=O) groups is 1. The summed E-state index contributed by atoms with van der Waals surface area (Å²) in [7, 11) is 1.59. The van der Waals surface area contributed by atoms with Gasteiger partial charge in [0.25, 0.3) is 0 Å². The van der Waals surface area contributed by atoms with E-state index in [1.165, 1.54) is 0 Å². The van der Waals surface area contributed by atoms with Gasteiger partial charge < -0.3 is 14.6 Å². The van der Waals surface area contributed by atoms with Gasteiger partial charge >= 0.3 is 0 Å². The minimum Gasteiger partial charge on any atom is -0.497 e. The zero-order chi connectivity index (χ0) is 18.6. The fourth-order valence-electron chi connectivity index (χ4n) is 2.97. The molecule has 0 aliphatic rings. The fraction of sp³-hybridized carbons (Fsp3) is 0.0952. The molecule has 0 bridgehead atoms. The van der Waals surface area contributed by atoms with Crippen molar-refractivity contribution in [1.82, 2.24) is 14.5 Å². The Hall–Kier alpha value is -3.67. The summed E-state index contributed by atoms with van der Waals surface area (Å²) in [4.78, 5) is 21.7. The second-order valence-corrected chi connectivity index (χ2v) is 6.01. The van der Waals surface area contributed by atoms with Gasteiger partial charge in [-0.25, -0.2) is 4.98 Å².